The van der Waals surface area contributed by atoms with Crippen LogP contribution in [0.15, 0.2) is 78.9 Å². The van der Waals surface area contributed by atoms with Gasteiger partial charge in [0.25, 0.3) is 8.53 Å². The largest absolute Gasteiger partial charge is 0.497 e. The van der Waals surface area contributed by atoms with Gasteiger partial charge in [-0.3, -0.25) is 4.79 Å². The van der Waals surface area contributed by atoms with Crippen LogP contribution >= 0.6 is 8.53 Å². The first kappa shape index (κ1) is 36.3. The van der Waals surface area contributed by atoms with Gasteiger partial charge in [-0.1, -0.05) is 54.6 Å². The highest BCUT2D eigenvalue weighted by molar-refractivity contribution is 7.44. The summed E-state index contributed by atoms with van der Waals surface area (Å²) in [6.07, 6.45) is 0.611. The molecule has 9 nitrogen and oxygen atoms in total. The van der Waals surface area contributed by atoms with E-state index in [1.807, 2.05) is 71.6 Å². The number of carbonyl (C=O) groups excluding carboxylic acids is 1. The van der Waals surface area contributed by atoms with E-state index in [1.165, 1.54) is 0 Å². The van der Waals surface area contributed by atoms with Gasteiger partial charge in [-0.2, -0.15) is 5.26 Å². The summed E-state index contributed by atoms with van der Waals surface area (Å²) in [7, 11) is 1.84. The lowest BCUT2D eigenvalue weighted by molar-refractivity contribution is -0.132. The van der Waals surface area contributed by atoms with Crippen molar-refractivity contribution in [2.45, 2.75) is 77.3 Å². The normalized spacial score (nSPS) is 17.3. The molecule has 1 aliphatic rings. The zero-order chi connectivity index (χ0) is 34.0. The lowest BCUT2D eigenvalue weighted by atomic mass is 9.80. The number of hydrogen-bond acceptors (Lipinski definition) is 8. The van der Waals surface area contributed by atoms with E-state index in [0.29, 0.717) is 13.0 Å². The summed E-state index contributed by atoms with van der Waals surface area (Å²) in [6.45, 7) is 11.0. The Hall–Kier alpha value is -3.51. The van der Waals surface area contributed by atoms with E-state index < -0.39 is 14.1 Å². The highest BCUT2D eigenvalue weighted by atomic mass is 31.2. The van der Waals surface area contributed by atoms with Gasteiger partial charge in [0.1, 0.15) is 17.1 Å². The summed E-state index contributed by atoms with van der Waals surface area (Å²) < 4.78 is 33.2. The topological polar surface area (TPSA) is 93.5 Å². The molecule has 3 aromatic rings. The molecule has 0 aliphatic carbocycles. The first-order chi connectivity index (χ1) is 22.6. The molecule has 1 unspecified atom stereocenters. The molecule has 252 valence electrons. The van der Waals surface area contributed by atoms with E-state index in [4.69, 9.17) is 28.5 Å². The molecule has 3 atom stereocenters. The van der Waals surface area contributed by atoms with E-state index in [9.17, 15) is 4.79 Å². The van der Waals surface area contributed by atoms with E-state index in [2.05, 4.69) is 50.6 Å². The Labute approximate surface area is 281 Å². The van der Waals surface area contributed by atoms with Crippen molar-refractivity contribution in [2.75, 3.05) is 34.0 Å². The van der Waals surface area contributed by atoms with E-state index in [0.717, 1.165) is 28.2 Å². The van der Waals surface area contributed by atoms with Crippen molar-refractivity contribution >= 4 is 14.4 Å². The Balaban J connectivity index is 1.69. The van der Waals surface area contributed by atoms with Gasteiger partial charge in [-0.05, 0) is 75.1 Å². The molecule has 0 radical (unpaired) electrons. The molecule has 0 bridgehead atoms. The highest BCUT2D eigenvalue weighted by Gasteiger charge is 2.43. The monoisotopic (exact) mass is 661 g/mol. The number of benzene rings is 3. The Kier molecular flexibility index (Phi) is 13.2. The van der Waals surface area contributed by atoms with Crippen molar-refractivity contribution in [3.05, 3.63) is 95.6 Å². The summed E-state index contributed by atoms with van der Waals surface area (Å²) >= 11 is 0. The van der Waals surface area contributed by atoms with Gasteiger partial charge in [-0.15, -0.1) is 0 Å². The first-order valence-electron chi connectivity index (χ1n) is 16.1. The summed E-state index contributed by atoms with van der Waals surface area (Å²) in [5.74, 6) is 1.45. The number of nitrogens with zero attached hydrogens (tertiary/aromatic N) is 3. The van der Waals surface area contributed by atoms with Crippen LogP contribution in [0.2, 0.25) is 0 Å². The number of hydrogen-bond donors (Lipinski definition) is 0. The maximum atomic E-state index is 13.0. The number of amides is 1. The second-order valence-corrected chi connectivity index (χ2v) is 13.6. The fourth-order valence-corrected chi connectivity index (χ4v) is 7.92. The van der Waals surface area contributed by atoms with Gasteiger partial charge in [0.15, 0.2) is 0 Å². The van der Waals surface area contributed by atoms with Crippen LogP contribution in [0.3, 0.4) is 0 Å². The molecule has 1 aliphatic heterocycles. The third kappa shape index (κ3) is 8.70. The first-order valence-corrected chi connectivity index (χ1v) is 17.3. The van der Waals surface area contributed by atoms with Crippen LogP contribution in [0.4, 0.5) is 0 Å². The van der Waals surface area contributed by atoms with Gasteiger partial charge < -0.3 is 28.2 Å². The van der Waals surface area contributed by atoms with Crippen molar-refractivity contribution in [3.8, 4) is 17.6 Å². The summed E-state index contributed by atoms with van der Waals surface area (Å²) in [5, 5.41) is 9.13. The smallest absolute Gasteiger partial charge is 0.259 e. The number of nitriles is 1. The van der Waals surface area contributed by atoms with Crippen LogP contribution in [-0.4, -0.2) is 73.7 Å². The second kappa shape index (κ2) is 17.1. The van der Waals surface area contributed by atoms with Crippen LogP contribution in [0.25, 0.3) is 0 Å². The Morgan fingerprint density at radius 2 is 1.45 bits per heavy atom. The van der Waals surface area contributed by atoms with Gasteiger partial charge in [-0.25, -0.2) is 4.67 Å². The minimum Gasteiger partial charge on any atom is -0.497 e. The third-order valence-electron chi connectivity index (χ3n) is 8.35. The molecule has 4 rings (SSSR count). The van der Waals surface area contributed by atoms with Crippen LogP contribution in [-0.2, 0) is 24.2 Å². The van der Waals surface area contributed by atoms with E-state index in [1.54, 1.807) is 21.1 Å². The molecule has 1 saturated heterocycles. The molecular weight excluding hydrogens is 613 g/mol. The fraction of sp³-hybridized carbons (Fsp3) is 0.459. The Bertz CT molecular complexity index is 1390. The Morgan fingerprint density at radius 3 is 1.91 bits per heavy atom. The molecular formula is C37H48N3O6P. The van der Waals surface area contributed by atoms with Crippen LogP contribution < -0.4 is 9.47 Å². The van der Waals surface area contributed by atoms with Crippen LogP contribution in [0, 0.1) is 11.3 Å². The fourth-order valence-electron chi connectivity index (χ4n) is 6.21. The average molecular weight is 662 g/mol. The molecule has 10 heteroatoms. The van der Waals surface area contributed by atoms with Crippen LogP contribution in [0.5, 0.6) is 11.5 Å². The molecule has 1 fully saturated rings. The predicted octanol–water partition coefficient (Wildman–Crippen LogP) is 7.29. The molecule has 3 aromatic carbocycles. The van der Waals surface area contributed by atoms with Gasteiger partial charge in [0.2, 0.25) is 5.91 Å². The van der Waals surface area contributed by atoms with Gasteiger partial charge >= 0.3 is 0 Å². The summed E-state index contributed by atoms with van der Waals surface area (Å²) in [6, 6.07) is 28.2. The second-order valence-electron chi connectivity index (χ2n) is 12.2. The highest BCUT2D eigenvalue weighted by Crippen LogP contribution is 2.49. The SMILES string of the molecule is COc1ccc(C(OC[C@@H]2C[C@@H](OP(OCCC#N)N(C(C)C)C(C)C)CN2C(C)=O)(c2ccccc2)c2ccc(OC)cc2)cc1. The predicted molar refractivity (Wildman–Crippen MR) is 184 cm³/mol. The maximum Gasteiger partial charge on any atom is 0.259 e. The number of methoxy groups -OCH3 is 2. The Morgan fingerprint density at radius 1 is 0.915 bits per heavy atom. The maximum absolute atomic E-state index is 13.0. The van der Waals surface area contributed by atoms with Crippen molar-refractivity contribution in [2.24, 2.45) is 0 Å². The molecule has 0 N–H and O–H groups in total. The number of carbonyl (C=O) groups is 1. The molecule has 0 spiro atoms. The summed E-state index contributed by atoms with van der Waals surface area (Å²) in [5.41, 5.74) is 1.80. The minimum atomic E-state index is -1.45. The van der Waals surface area contributed by atoms with E-state index in [-0.39, 0.29) is 49.8 Å². The molecule has 0 aromatic heterocycles. The molecule has 0 saturated carbocycles. The van der Waals surface area contributed by atoms with Crippen molar-refractivity contribution < 1.29 is 28.1 Å². The number of ether oxygens (including phenoxy) is 3. The molecule has 1 amide bonds. The lowest BCUT2D eigenvalue weighted by Gasteiger charge is -2.38. The minimum absolute atomic E-state index is 0.0387. The van der Waals surface area contributed by atoms with Gasteiger partial charge in [0, 0.05) is 25.6 Å². The van der Waals surface area contributed by atoms with Crippen molar-refractivity contribution in [1.29, 1.82) is 5.26 Å². The summed E-state index contributed by atoms with van der Waals surface area (Å²) in [4.78, 5) is 14.9. The molecule has 47 heavy (non-hydrogen) atoms. The van der Waals surface area contributed by atoms with Crippen molar-refractivity contribution in [3.63, 3.8) is 0 Å². The zero-order valence-corrected chi connectivity index (χ0v) is 29.5. The average Bonchev–Trinajstić information content (AvgIpc) is 3.48. The zero-order valence-electron chi connectivity index (χ0n) is 28.6. The molecule has 1 heterocycles. The van der Waals surface area contributed by atoms with Crippen LogP contribution in [0.1, 0.15) is 64.2 Å². The number of likely N-dealkylation sites (tertiary alicyclic amines) is 1. The number of rotatable bonds is 16. The quantitative estimate of drug-likeness (QED) is 0.0898. The lowest BCUT2D eigenvalue weighted by Crippen LogP contribution is -2.41. The third-order valence-corrected chi connectivity index (χ3v) is 10.5. The van der Waals surface area contributed by atoms with Crippen molar-refractivity contribution in [1.82, 2.24) is 9.57 Å². The van der Waals surface area contributed by atoms with Gasteiger partial charge in [0.05, 0.1) is 52.1 Å². The standard InChI is InChI=1S/C37H48N3O6P/c1-27(2)40(28(3)4)47(45-23-11-22-38)46-36-24-33(39(25-36)29(5)41)26-44-37(30-12-9-8-10-13-30,31-14-18-34(42-6)19-15-31)32-16-20-35(43-7)21-17-32/h8-10,12-21,27-28,33,36H,11,23-26H2,1-7H3/t33-,36+,47?/m0/s1. The van der Waals surface area contributed by atoms with E-state index >= 15 is 0 Å².